The Labute approximate surface area is 113 Å². The van der Waals surface area contributed by atoms with E-state index in [-0.39, 0.29) is 0 Å². The zero-order valence-electron chi connectivity index (χ0n) is 11.3. The molecule has 1 unspecified atom stereocenters. The molecule has 0 spiro atoms. The molecule has 1 fully saturated rings. The zero-order valence-corrected chi connectivity index (χ0v) is 11.3. The summed E-state index contributed by atoms with van der Waals surface area (Å²) in [6.07, 6.45) is 3.67. The lowest BCUT2D eigenvalue weighted by atomic mass is 10.2. The minimum atomic E-state index is -0.795. The van der Waals surface area contributed by atoms with Gasteiger partial charge in [-0.2, -0.15) is 0 Å². The minimum absolute atomic E-state index is 0.393. The maximum atomic E-state index is 11.1. The van der Waals surface area contributed by atoms with E-state index in [1.807, 2.05) is 24.3 Å². The first kappa shape index (κ1) is 13.9. The van der Waals surface area contributed by atoms with Crippen molar-refractivity contribution in [3.05, 3.63) is 29.8 Å². The molecule has 1 aromatic carbocycles. The summed E-state index contributed by atoms with van der Waals surface area (Å²) in [4.78, 5) is 11.1. The van der Waals surface area contributed by atoms with Crippen molar-refractivity contribution in [2.24, 2.45) is 0 Å². The van der Waals surface area contributed by atoms with E-state index >= 15 is 0 Å². The lowest BCUT2D eigenvalue weighted by molar-refractivity contribution is -0.139. The van der Waals surface area contributed by atoms with Crippen LogP contribution >= 0.6 is 0 Å². The number of aryl methyl sites for hydroxylation is 1. The minimum Gasteiger partial charge on any atom is -0.494 e. The summed E-state index contributed by atoms with van der Waals surface area (Å²) in [5, 5.41) is 12.2. The summed E-state index contributed by atoms with van der Waals surface area (Å²) in [7, 11) is 0. The largest absolute Gasteiger partial charge is 0.494 e. The number of carboxylic acids is 1. The number of nitrogens with one attached hydrogen (secondary N) is 1. The van der Waals surface area contributed by atoms with Crippen LogP contribution in [0.1, 0.15) is 31.7 Å². The molecular formula is C15H21NO3. The van der Waals surface area contributed by atoms with Crippen molar-refractivity contribution in [3.63, 3.8) is 0 Å². The highest BCUT2D eigenvalue weighted by molar-refractivity contribution is 5.73. The van der Waals surface area contributed by atoms with Crippen molar-refractivity contribution in [2.45, 2.75) is 44.7 Å². The van der Waals surface area contributed by atoms with Gasteiger partial charge in [0.25, 0.3) is 0 Å². The van der Waals surface area contributed by atoms with Gasteiger partial charge in [0.15, 0.2) is 0 Å². The predicted molar refractivity (Wildman–Crippen MR) is 73.5 cm³/mol. The summed E-state index contributed by atoms with van der Waals surface area (Å²) in [6, 6.07) is 7.83. The number of aliphatic carboxylic acids is 1. The fraction of sp³-hybridized carbons (Fsp3) is 0.533. The molecule has 19 heavy (non-hydrogen) atoms. The molecule has 0 aromatic heterocycles. The second kappa shape index (κ2) is 6.57. The van der Waals surface area contributed by atoms with Gasteiger partial charge in [0.1, 0.15) is 11.8 Å². The molecule has 2 N–H and O–H groups in total. The van der Waals surface area contributed by atoms with Gasteiger partial charge in [0.05, 0.1) is 6.61 Å². The van der Waals surface area contributed by atoms with Gasteiger partial charge in [-0.15, -0.1) is 0 Å². The van der Waals surface area contributed by atoms with Crippen molar-refractivity contribution >= 4 is 5.97 Å². The lowest BCUT2D eigenvalue weighted by Crippen LogP contribution is -2.39. The SMILES string of the molecule is CCc1ccc(OCCC(NC2CC2)C(=O)O)cc1. The van der Waals surface area contributed by atoms with Gasteiger partial charge >= 0.3 is 5.97 Å². The highest BCUT2D eigenvalue weighted by atomic mass is 16.5. The molecule has 0 aliphatic heterocycles. The third-order valence-corrected chi connectivity index (χ3v) is 3.32. The molecule has 4 heteroatoms. The van der Waals surface area contributed by atoms with Crippen LogP contribution in [0, 0.1) is 0 Å². The molecule has 0 bridgehead atoms. The zero-order chi connectivity index (χ0) is 13.7. The third-order valence-electron chi connectivity index (χ3n) is 3.32. The fourth-order valence-corrected chi connectivity index (χ4v) is 1.93. The normalized spacial score (nSPS) is 16.1. The Morgan fingerprint density at radius 3 is 2.63 bits per heavy atom. The van der Waals surface area contributed by atoms with Crippen LogP contribution in [0.15, 0.2) is 24.3 Å². The number of rotatable bonds is 8. The Morgan fingerprint density at radius 2 is 2.11 bits per heavy atom. The summed E-state index contributed by atoms with van der Waals surface area (Å²) in [6.45, 7) is 2.53. The highest BCUT2D eigenvalue weighted by Gasteiger charge is 2.27. The van der Waals surface area contributed by atoms with Crippen LogP contribution < -0.4 is 10.1 Å². The summed E-state index contributed by atoms with van der Waals surface area (Å²) < 4.78 is 5.58. The molecule has 0 heterocycles. The number of carbonyl (C=O) groups is 1. The Kier molecular flexibility index (Phi) is 4.80. The van der Waals surface area contributed by atoms with Gasteiger partial charge in [-0.1, -0.05) is 19.1 Å². The molecule has 1 aliphatic carbocycles. The molecule has 2 rings (SSSR count). The van der Waals surface area contributed by atoms with E-state index in [9.17, 15) is 4.79 Å². The van der Waals surface area contributed by atoms with Crippen LogP contribution in [-0.4, -0.2) is 29.8 Å². The van der Waals surface area contributed by atoms with Crippen LogP contribution in [0.25, 0.3) is 0 Å². The average molecular weight is 263 g/mol. The molecule has 4 nitrogen and oxygen atoms in total. The molecular weight excluding hydrogens is 242 g/mol. The molecule has 104 valence electrons. The number of carboxylic acid groups (broad SMARTS) is 1. The van der Waals surface area contributed by atoms with E-state index in [0.717, 1.165) is 25.0 Å². The molecule has 1 saturated carbocycles. The van der Waals surface area contributed by atoms with Crippen LogP contribution in [-0.2, 0) is 11.2 Å². The first-order chi connectivity index (χ1) is 9.19. The van der Waals surface area contributed by atoms with Crippen LogP contribution in [0.4, 0.5) is 0 Å². The maximum absolute atomic E-state index is 11.1. The first-order valence-electron chi connectivity index (χ1n) is 6.89. The molecule has 1 atom stereocenters. The van der Waals surface area contributed by atoms with Crippen molar-refractivity contribution in [1.82, 2.24) is 5.32 Å². The van der Waals surface area contributed by atoms with Gasteiger partial charge in [-0.25, -0.2) is 0 Å². The maximum Gasteiger partial charge on any atom is 0.320 e. The van der Waals surface area contributed by atoms with E-state index < -0.39 is 12.0 Å². The molecule has 1 aromatic rings. The summed E-state index contributed by atoms with van der Waals surface area (Å²) >= 11 is 0. The smallest absolute Gasteiger partial charge is 0.320 e. The number of benzene rings is 1. The van der Waals surface area contributed by atoms with Gasteiger partial charge < -0.3 is 15.2 Å². The van der Waals surface area contributed by atoms with E-state index in [1.165, 1.54) is 5.56 Å². The number of hydrogen-bond acceptors (Lipinski definition) is 3. The van der Waals surface area contributed by atoms with E-state index in [2.05, 4.69) is 12.2 Å². The van der Waals surface area contributed by atoms with Crippen molar-refractivity contribution in [3.8, 4) is 5.75 Å². The molecule has 0 saturated heterocycles. The quantitative estimate of drug-likeness (QED) is 0.755. The summed E-state index contributed by atoms with van der Waals surface area (Å²) in [5.74, 6) is 0.00425. The van der Waals surface area contributed by atoms with Gasteiger partial charge in [-0.05, 0) is 37.0 Å². The molecule has 0 radical (unpaired) electrons. The van der Waals surface area contributed by atoms with Crippen molar-refractivity contribution in [2.75, 3.05) is 6.61 Å². The molecule has 0 amide bonds. The summed E-state index contributed by atoms with van der Waals surface area (Å²) in [5.41, 5.74) is 1.27. The van der Waals surface area contributed by atoms with Crippen molar-refractivity contribution in [1.29, 1.82) is 0 Å². The van der Waals surface area contributed by atoms with E-state index in [0.29, 0.717) is 19.1 Å². The lowest BCUT2D eigenvalue weighted by Gasteiger charge is -2.14. The predicted octanol–water partition coefficient (Wildman–Crippen LogP) is 2.22. The Bertz CT molecular complexity index is 412. The van der Waals surface area contributed by atoms with Crippen LogP contribution in [0.2, 0.25) is 0 Å². The Balaban J connectivity index is 1.75. The first-order valence-corrected chi connectivity index (χ1v) is 6.89. The highest BCUT2D eigenvalue weighted by Crippen LogP contribution is 2.20. The monoisotopic (exact) mass is 263 g/mol. The van der Waals surface area contributed by atoms with Gasteiger partial charge in [0, 0.05) is 12.5 Å². The van der Waals surface area contributed by atoms with Gasteiger partial charge in [-0.3, -0.25) is 4.79 Å². The third kappa shape index (κ3) is 4.56. The van der Waals surface area contributed by atoms with Crippen LogP contribution in [0.5, 0.6) is 5.75 Å². The second-order valence-electron chi connectivity index (χ2n) is 4.97. The Morgan fingerprint density at radius 1 is 1.42 bits per heavy atom. The number of ether oxygens (including phenoxy) is 1. The standard InChI is InChI=1S/C15H21NO3/c1-2-11-3-7-13(8-4-11)19-10-9-14(15(17)18)16-12-5-6-12/h3-4,7-8,12,14,16H,2,5-6,9-10H2,1H3,(H,17,18). The Hall–Kier alpha value is -1.55. The fourth-order valence-electron chi connectivity index (χ4n) is 1.93. The molecule has 1 aliphatic rings. The van der Waals surface area contributed by atoms with E-state index in [1.54, 1.807) is 0 Å². The number of hydrogen-bond donors (Lipinski definition) is 2. The van der Waals surface area contributed by atoms with Crippen LogP contribution in [0.3, 0.4) is 0 Å². The van der Waals surface area contributed by atoms with E-state index in [4.69, 9.17) is 9.84 Å². The topological polar surface area (TPSA) is 58.6 Å². The average Bonchev–Trinajstić information content (AvgIpc) is 3.22. The van der Waals surface area contributed by atoms with Crippen molar-refractivity contribution < 1.29 is 14.6 Å². The van der Waals surface area contributed by atoms with Gasteiger partial charge in [0.2, 0.25) is 0 Å². The second-order valence-corrected chi connectivity index (χ2v) is 4.97.